The van der Waals surface area contributed by atoms with Crippen molar-refractivity contribution in [3.8, 4) is 11.5 Å². The molecule has 30 heavy (non-hydrogen) atoms. The van der Waals surface area contributed by atoms with Crippen molar-refractivity contribution in [2.45, 2.75) is 25.2 Å². The number of benzene rings is 1. The van der Waals surface area contributed by atoms with E-state index in [-0.39, 0.29) is 18.1 Å². The molecule has 9 nitrogen and oxygen atoms in total. The van der Waals surface area contributed by atoms with E-state index in [2.05, 4.69) is 26.1 Å². The van der Waals surface area contributed by atoms with Crippen LogP contribution in [0.2, 0.25) is 0 Å². The van der Waals surface area contributed by atoms with E-state index in [1.807, 2.05) is 0 Å². The highest BCUT2D eigenvalue weighted by atomic mass is 79.9. The van der Waals surface area contributed by atoms with Gasteiger partial charge in [0.25, 0.3) is 5.91 Å². The first kappa shape index (κ1) is 21.6. The minimum absolute atomic E-state index is 0.00929. The minimum atomic E-state index is -0.507. The second-order valence-electron chi connectivity index (χ2n) is 7.77. The number of aliphatic hydroxyl groups excluding tert-OH is 1. The highest BCUT2D eigenvalue weighted by Crippen LogP contribution is 2.43. The predicted molar refractivity (Wildman–Crippen MR) is 113 cm³/mol. The van der Waals surface area contributed by atoms with E-state index < -0.39 is 6.10 Å². The third-order valence-electron chi connectivity index (χ3n) is 5.73. The van der Waals surface area contributed by atoms with Gasteiger partial charge < -0.3 is 40.0 Å². The smallest absolute Gasteiger partial charge is 0.255 e. The van der Waals surface area contributed by atoms with Crippen LogP contribution >= 0.6 is 15.9 Å². The van der Waals surface area contributed by atoms with E-state index in [1.165, 1.54) is 0 Å². The maximum atomic E-state index is 12.8. The summed E-state index contributed by atoms with van der Waals surface area (Å²) in [5.74, 6) is 0.549. The second-order valence-corrected chi connectivity index (χ2v) is 8.56. The SMILES string of the molecule is Nc1cc(C(=O)NC[C@@H]2CCN(CCC3OCCO3)CC2O)c2c(c1Br)OCCO2. The molecule has 1 aromatic rings. The number of rotatable bonds is 6. The Kier molecular flexibility index (Phi) is 6.99. The van der Waals surface area contributed by atoms with Crippen LogP contribution in [0.25, 0.3) is 0 Å². The Bertz CT molecular complexity index is 773. The van der Waals surface area contributed by atoms with Gasteiger partial charge >= 0.3 is 0 Å². The standard InChI is InChI=1S/C20H28BrN3O6/c21-17-14(22)9-13(18-19(17)30-8-7-29-18)20(26)23-10-12-1-3-24(11-15(12)25)4-2-16-27-5-6-28-16/h9,12,15-16,25H,1-8,10-11,22H2,(H,23,26)/t12-,15?/m0/s1. The van der Waals surface area contributed by atoms with E-state index in [4.69, 9.17) is 24.7 Å². The number of halogens is 1. The normalized spacial score (nSPS) is 24.7. The topological polar surface area (TPSA) is 116 Å². The first-order chi connectivity index (χ1) is 14.5. The van der Waals surface area contributed by atoms with Crippen molar-refractivity contribution in [1.82, 2.24) is 10.2 Å². The average molecular weight is 486 g/mol. The number of nitrogens with two attached hydrogens (primary N) is 1. The number of nitrogen functional groups attached to an aromatic ring is 1. The quantitative estimate of drug-likeness (QED) is 0.510. The largest absolute Gasteiger partial charge is 0.485 e. The number of carbonyl (C=O) groups excluding carboxylic acids is 1. The summed E-state index contributed by atoms with van der Waals surface area (Å²) in [4.78, 5) is 15.0. The minimum Gasteiger partial charge on any atom is -0.485 e. The molecule has 3 aliphatic heterocycles. The van der Waals surface area contributed by atoms with Crippen LogP contribution in [0.3, 0.4) is 0 Å². The summed E-state index contributed by atoms with van der Waals surface area (Å²) in [7, 11) is 0. The van der Waals surface area contributed by atoms with Gasteiger partial charge in [-0.15, -0.1) is 0 Å². The molecule has 0 bridgehead atoms. The van der Waals surface area contributed by atoms with Gasteiger partial charge in [0, 0.05) is 32.0 Å². The molecule has 0 aromatic heterocycles. The number of ether oxygens (including phenoxy) is 4. The molecular weight excluding hydrogens is 458 g/mol. The molecule has 3 aliphatic rings. The highest BCUT2D eigenvalue weighted by molar-refractivity contribution is 9.10. The number of likely N-dealkylation sites (tertiary alicyclic amines) is 1. The van der Waals surface area contributed by atoms with Gasteiger partial charge in [0.15, 0.2) is 17.8 Å². The number of carbonyl (C=O) groups is 1. The fraction of sp³-hybridized carbons (Fsp3) is 0.650. The van der Waals surface area contributed by atoms with E-state index in [1.54, 1.807) is 6.07 Å². The van der Waals surface area contributed by atoms with Crippen LogP contribution in [0.1, 0.15) is 23.2 Å². The molecule has 166 valence electrons. The Morgan fingerprint density at radius 1 is 1.23 bits per heavy atom. The third-order valence-corrected chi connectivity index (χ3v) is 6.54. The Morgan fingerprint density at radius 3 is 2.70 bits per heavy atom. The number of amides is 1. The Balaban J connectivity index is 1.30. The fourth-order valence-corrected chi connectivity index (χ4v) is 4.44. The molecule has 2 atom stereocenters. The number of hydrogen-bond donors (Lipinski definition) is 3. The molecular formula is C20H28BrN3O6. The van der Waals surface area contributed by atoms with Crippen molar-refractivity contribution in [2.24, 2.45) is 5.92 Å². The predicted octanol–water partition coefficient (Wildman–Crippen LogP) is 0.978. The number of nitrogens with zero attached hydrogens (tertiary/aromatic N) is 1. The summed E-state index contributed by atoms with van der Waals surface area (Å²) in [5.41, 5.74) is 6.76. The van der Waals surface area contributed by atoms with Crippen molar-refractivity contribution in [3.05, 3.63) is 16.1 Å². The molecule has 0 aliphatic carbocycles. The zero-order chi connectivity index (χ0) is 21.1. The zero-order valence-electron chi connectivity index (χ0n) is 16.8. The summed E-state index contributed by atoms with van der Waals surface area (Å²) in [6, 6.07) is 1.58. The summed E-state index contributed by atoms with van der Waals surface area (Å²) >= 11 is 3.38. The third kappa shape index (κ3) is 4.83. The van der Waals surface area contributed by atoms with Gasteiger partial charge in [-0.2, -0.15) is 0 Å². The molecule has 4 rings (SSSR count). The van der Waals surface area contributed by atoms with Gasteiger partial charge in [0.2, 0.25) is 0 Å². The fourth-order valence-electron chi connectivity index (χ4n) is 4.03. The molecule has 2 fully saturated rings. The van der Waals surface area contributed by atoms with Gasteiger partial charge in [-0.3, -0.25) is 4.79 Å². The number of β-amino-alcohol motifs (C(OH)–C–C–N with tert-alkyl or cyclic N) is 1. The number of fused-ring (bicyclic) bond motifs is 1. The molecule has 1 amide bonds. The lowest BCUT2D eigenvalue weighted by Gasteiger charge is -2.36. The number of piperidine rings is 1. The van der Waals surface area contributed by atoms with Crippen LogP contribution in [0.15, 0.2) is 10.5 Å². The van der Waals surface area contributed by atoms with Crippen LogP contribution in [0.5, 0.6) is 11.5 Å². The van der Waals surface area contributed by atoms with Crippen molar-refractivity contribution in [3.63, 3.8) is 0 Å². The molecule has 3 heterocycles. The second kappa shape index (κ2) is 9.69. The zero-order valence-corrected chi connectivity index (χ0v) is 18.4. The maximum absolute atomic E-state index is 12.8. The molecule has 10 heteroatoms. The number of anilines is 1. The lowest BCUT2D eigenvalue weighted by Crippen LogP contribution is -2.48. The molecule has 0 saturated carbocycles. The monoisotopic (exact) mass is 485 g/mol. The van der Waals surface area contributed by atoms with E-state index in [9.17, 15) is 9.90 Å². The number of aliphatic hydroxyl groups is 1. The van der Waals surface area contributed by atoms with Crippen molar-refractivity contribution in [1.29, 1.82) is 0 Å². The van der Waals surface area contributed by atoms with Gasteiger partial charge in [0.1, 0.15) is 13.2 Å². The van der Waals surface area contributed by atoms with Crippen LogP contribution in [-0.4, -0.2) is 80.9 Å². The Hall–Kier alpha value is -1.59. The van der Waals surface area contributed by atoms with Crippen molar-refractivity contribution in [2.75, 3.05) is 58.3 Å². The highest BCUT2D eigenvalue weighted by Gasteiger charge is 2.30. The van der Waals surface area contributed by atoms with Crippen LogP contribution in [0.4, 0.5) is 5.69 Å². The van der Waals surface area contributed by atoms with Crippen LogP contribution in [0, 0.1) is 5.92 Å². The summed E-state index contributed by atoms with van der Waals surface area (Å²) in [6.07, 6.45) is 0.961. The first-order valence-electron chi connectivity index (χ1n) is 10.3. The molecule has 0 radical (unpaired) electrons. The summed E-state index contributed by atoms with van der Waals surface area (Å²) < 4.78 is 22.8. The van der Waals surface area contributed by atoms with Crippen LogP contribution in [-0.2, 0) is 9.47 Å². The van der Waals surface area contributed by atoms with Crippen molar-refractivity contribution < 1.29 is 28.8 Å². The first-order valence-corrected chi connectivity index (χ1v) is 11.1. The molecule has 1 aromatic carbocycles. The lowest BCUT2D eigenvalue weighted by molar-refractivity contribution is -0.0576. The maximum Gasteiger partial charge on any atom is 0.255 e. The molecule has 0 spiro atoms. The van der Waals surface area contributed by atoms with Crippen molar-refractivity contribution >= 4 is 27.5 Å². The number of nitrogens with one attached hydrogen (secondary N) is 1. The van der Waals surface area contributed by atoms with Gasteiger partial charge in [0.05, 0.1) is 35.0 Å². The van der Waals surface area contributed by atoms with Gasteiger partial charge in [-0.05, 0) is 35.0 Å². The van der Waals surface area contributed by atoms with E-state index in [0.29, 0.717) is 66.7 Å². The van der Waals surface area contributed by atoms with E-state index in [0.717, 1.165) is 25.9 Å². The summed E-state index contributed by atoms with van der Waals surface area (Å²) in [5, 5.41) is 13.5. The van der Waals surface area contributed by atoms with E-state index >= 15 is 0 Å². The van der Waals surface area contributed by atoms with Crippen LogP contribution < -0.4 is 20.5 Å². The summed E-state index contributed by atoms with van der Waals surface area (Å²) in [6.45, 7) is 4.72. The molecule has 2 saturated heterocycles. The molecule has 4 N–H and O–H groups in total. The van der Waals surface area contributed by atoms with Gasteiger partial charge in [-0.1, -0.05) is 0 Å². The Labute approximate surface area is 183 Å². The average Bonchev–Trinajstić information content (AvgIpc) is 3.27. The Morgan fingerprint density at radius 2 is 1.97 bits per heavy atom. The lowest BCUT2D eigenvalue weighted by atomic mass is 9.93. The van der Waals surface area contributed by atoms with Gasteiger partial charge in [-0.25, -0.2) is 0 Å². The molecule has 1 unspecified atom stereocenters. The number of hydrogen-bond acceptors (Lipinski definition) is 8.